The summed E-state index contributed by atoms with van der Waals surface area (Å²) in [4.78, 5) is 23.4. The molecule has 0 saturated heterocycles. The number of aromatic nitrogens is 2. The highest BCUT2D eigenvalue weighted by atomic mass is 35.5. The van der Waals surface area contributed by atoms with Crippen LogP contribution in [0.2, 0.25) is 5.02 Å². The molecule has 4 nitrogen and oxygen atoms in total. The van der Waals surface area contributed by atoms with Crippen LogP contribution >= 0.6 is 11.6 Å². The van der Waals surface area contributed by atoms with Crippen molar-refractivity contribution in [1.82, 2.24) is 9.13 Å². The molecule has 0 radical (unpaired) electrons. The molecule has 21 heavy (non-hydrogen) atoms. The highest BCUT2D eigenvalue weighted by Crippen LogP contribution is 2.16. The van der Waals surface area contributed by atoms with Crippen LogP contribution in [-0.2, 0) is 13.1 Å². The van der Waals surface area contributed by atoms with E-state index in [4.69, 9.17) is 11.6 Å². The molecule has 0 saturated carbocycles. The van der Waals surface area contributed by atoms with Crippen LogP contribution in [0.4, 0.5) is 13.2 Å². The lowest BCUT2D eigenvalue weighted by molar-refractivity contribution is -0.141. The molecule has 0 aliphatic carbocycles. The number of benzene rings is 1. The summed E-state index contributed by atoms with van der Waals surface area (Å²) in [7, 11) is 0. The first-order valence-corrected chi connectivity index (χ1v) is 6.25. The van der Waals surface area contributed by atoms with Gasteiger partial charge in [0.1, 0.15) is 6.54 Å². The number of hydrogen-bond donors (Lipinski definition) is 0. The van der Waals surface area contributed by atoms with Gasteiger partial charge in [0, 0.05) is 17.4 Å². The van der Waals surface area contributed by atoms with E-state index in [1.807, 2.05) is 0 Å². The van der Waals surface area contributed by atoms with E-state index in [1.54, 1.807) is 24.3 Å². The molecule has 1 aromatic carbocycles. The van der Waals surface area contributed by atoms with E-state index in [2.05, 4.69) is 0 Å². The van der Waals surface area contributed by atoms with Gasteiger partial charge in [0.05, 0.1) is 6.54 Å². The van der Waals surface area contributed by atoms with E-state index in [9.17, 15) is 22.8 Å². The maximum absolute atomic E-state index is 12.3. The van der Waals surface area contributed by atoms with Gasteiger partial charge in [0.15, 0.2) is 0 Å². The molecule has 0 fully saturated rings. The fourth-order valence-electron chi connectivity index (χ4n) is 1.82. The zero-order valence-corrected chi connectivity index (χ0v) is 11.4. The van der Waals surface area contributed by atoms with Crippen LogP contribution < -0.4 is 11.1 Å². The van der Waals surface area contributed by atoms with Gasteiger partial charge in [-0.15, -0.1) is 0 Å². The van der Waals surface area contributed by atoms with E-state index in [0.717, 1.165) is 17.0 Å². The number of rotatable bonds is 3. The molecule has 0 aliphatic heterocycles. The molecule has 0 aliphatic rings. The van der Waals surface area contributed by atoms with Crippen LogP contribution in [0, 0.1) is 0 Å². The Balaban J connectivity index is 2.33. The largest absolute Gasteiger partial charge is 0.406 e. The van der Waals surface area contributed by atoms with Crippen molar-refractivity contribution in [3.63, 3.8) is 0 Å². The summed E-state index contributed by atoms with van der Waals surface area (Å²) >= 11 is 5.80. The quantitative estimate of drug-likeness (QED) is 0.815. The van der Waals surface area contributed by atoms with Crippen LogP contribution in [0.25, 0.3) is 0 Å². The molecule has 0 bridgehead atoms. The average molecular weight is 319 g/mol. The van der Waals surface area contributed by atoms with Gasteiger partial charge in [-0.1, -0.05) is 23.7 Å². The fourth-order valence-corrected chi connectivity index (χ4v) is 2.03. The number of alkyl halides is 3. The summed E-state index contributed by atoms with van der Waals surface area (Å²) in [5, 5.41) is 0.464. The van der Waals surface area contributed by atoms with E-state index < -0.39 is 23.8 Å². The van der Waals surface area contributed by atoms with Crippen LogP contribution in [-0.4, -0.2) is 15.3 Å². The van der Waals surface area contributed by atoms with Crippen molar-refractivity contribution in [2.75, 3.05) is 0 Å². The third-order valence-electron chi connectivity index (χ3n) is 2.72. The van der Waals surface area contributed by atoms with E-state index in [1.165, 1.54) is 0 Å². The van der Waals surface area contributed by atoms with Crippen molar-refractivity contribution >= 4 is 11.6 Å². The summed E-state index contributed by atoms with van der Waals surface area (Å²) in [6, 6.07) is 6.62. The Labute approximate surface area is 122 Å². The minimum absolute atomic E-state index is 0.0570. The minimum Gasteiger partial charge on any atom is -0.305 e. The Morgan fingerprint density at radius 1 is 1.05 bits per heavy atom. The van der Waals surface area contributed by atoms with Gasteiger partial charge in [-0.25, -0.2) is 0 Å². The van der Waals surface area contributed by atoms with Gasteiger partial charge in [0.2, 0.25) is 0 Å². The Bertz CT molecular complexity index is 765. The van der Waals surface area contributed by atoms with Crippen molar-refractivity contribution in [1.29, 1.82) is 0 Å². The fraction of sp³-hybridized carbons (Fsp3) is 0.231. The molecule has 0 N–H and O–H groups in total. The average Bonchev–Trinajstić information content (AvgIpc) is 2.37. The van der Waals surface area contributed by atoms with Gasteiger partial charge < -0.3 is 9.13 Å². The predicted molar refractivity (Wildman–Crippen MR) is 71.6 cm³/mol. The highest BCUT2D eigenvalue weighted by molar-refractivity contribution is 6.30. The van der Waals surface area contributed by atoms with Gasteiger partial charge in [0.25, 0.3) is 0 Å². The SMILES string of the molecule is O=c1c(=O)n(CC(F)(F)F)ccn1Cc1cccc(Cl)c1. The first kappa shape index (κ1) is 15.4. The Morgan fingerprint density at radius 3 is 2.29 bits per heavy atom. The molecule has 2 aromatic rings. The summed E-state index contributed by atoms with van der Waals surface area (Å²) in [6.07, 6.45) is -2.46. The molecule has 1 aromatic heterocycles. The summed E-state index contributed by atoms with van der Waals surface area (Å²) in [5.74, 6) is 0. The standard InChI is InChI=1S/C13H10ClF3N2O2/c14-10-3-1-2-9(6-10)7-18-4-5-19(8-13(15,16)17)12(21)11(18)20/h1-6H,7-8H2. The van der Waals surface area contributed by atoms with Crippen LogP contribution in [0.5, 0.6) is 0 Å². The first-order chi connectivity index (χ1) is 9.76. The molecule has 0 unspecified atom stereocenters. The molecular formula is C13H10ClF3N2O2. The molecule has 2 rings (SSSR count). The second kappa shape index (κ2) is 5.77. The van der Waals surface area contributed by atoms with Crippen molar-refractivity contribution in [2.24, 2.45) is 0 Å². The van der Waals surface area contributed by atoms with E-state index in [-0.39, 0.29) is 6.54 Å². The first-order valence-electron chi connectivity index (χ1n) is 5.87. The lowest BCUT2D eigenvalue weighted by atomic mass is 10.2. The van der Waals surface area contributed by atoms with Crippen molar-refractivity contribution < 1.29 is 13.2 Å². The molecular weight excluding hydrogens is 309 g/mol. The smallest absolute Gasteiger partial charge is 0.305 e. The topological polar surface area (TPSA) is 44.0 Å². The molecule has 0 atom stereocenters. The highest BCUT2D eigenvalue weighted by Gasteiger charge is 2.28. The maximum atomic E-state index is 12.3. The van der Waals surface area contributed by atoms with Gasteiger partial charge in [-0.3, -0.25) is 9.59 Å². The third-order valence-corrected chi connectivity index (χ3v) is 2.96. The molecule has 112 valence electrons. The maximum Gasteiger partial charge on any atom is 0.406 e. The van der Waals surface area contributed by atoms with Crippen molar-refractivity contribution in [2.45, 2.75) is 19.3 Å². The van der Waals surface area contributed by atoms with Gasteiger partial charge >= 0.3 is 17.3 Å². The molecule has 0 amide bonds. The molecule has 0 spiro atoms. The molecule has 8 heteroatoms. The number of hydrogen-bond acceptors (Lipinski definition) is 2. The normalized spacial score (nSPS) is 11.6. The lowest BCUT2D eigenvalue weighted by Gasteiger charge is -2.11. The zero-order chi connectivity index (χ0) is 15.6. The number of nitrogens with zero attached hydrogens (tertiary/aromatic N) is 2. The monoisotopic (exact) mass is 318 g/mol. The van der Waals surface area contributed by atoms with Crippen molar-refractivity contribution in [3.8, 4) is 0 Å². The van der Waals surface area contributed by atoms with Gasteiger partial charge in [-0.2, -0.15) is 13.2 Å². The Morgan fingerprint density at radius 2 is 1.67 bits per heavy atom. The Kier molecular flexibility index (Phi) is 4.22. The van der Waals surface area contributed by atoms with Crippen LogP contribution in [0.1, 0.15) is 5.56 Å². The lowest BCUT2D eigenvalue weighted by Crippen LogP contribution is -2.42. The summed E-state index contributed by atoms with van der Waals surface area (Å²) in [6.45, 7) is -1.43. The van der Waals surface area contributed by atoms with Gasteiger partial charge in [-0.05, 0) is 17.7 Å². The van der Waals surface area contributed by atoms with E-state index >= 15 is 0 Å². The number of halogens is 4. The van der Waals surface area contributed by atoms with Crippen molar-refractivity contribution in [3.05, 3.63) is 68.0 Å². The summed E-state index contributed by atoms with van der Waals surface area (Å²) in [5.41, 5.74) is -1.56. The zero-order valence-electron chi connectivity index (χ0n) is 10.6. The summed E-state index contributed by atoms with van der Waals surface area (Å²) < 4.78 is 38.2. The minimum atomic E-state index is -4.56. The third kappa shape index (κ3) is 3.98. The second-order valence-electron chi connectivity index (χ2n) is 4.41. The second-order valence-corrected chi connectivity index (χ2v) is 4.85. The van der Waals surface area contributed by atoms with E-state index in [0.29, 0.717) is 15.2 Å². The van der Waals surface area contributed by atoms with Crippen LogP contribution in [0.15, 0.2) is 46.2 Å². The Hall–Kier alpha value is -2.02. The molecule has 1 heterocycles. The van der Waals surface area contributed by atoms with Crippen LogP contribution in [0.3, 0.4) is 0 Å². The predicted octanol–water partition coefficient (Wildman–Crippen LogP) is 2.27.